The van der Waals surface area contributed by atoms with E-state index in [9.17, 15) is 9.90 Å². The maximum atomic E-state index is 12.5. The molecule has 0 unspecified atom stereocenters. The van der Waals surface area contributed by atoms with Crippen LogP contribution < -0.4 is 5.56 Å². The highest BCUT2D eigenvalue weighted by Gasteiger charge is 2.17. The second-order valence-corrected chi connectivity index (χ2v) is 5.70. The summed E-state index contributed by atoms with van der Waals surface area (Å²) in [5.74, 6) is 0. The fourth-order valence-corrected chi connectivity index (χ4v) is 3.25. The quantitative estimate of drug-likeness (QED) is 0.809. The molecule has 118 valence electrons. The molecule has 0 bridgehead atoms. The van der Waals surface area contributed by atoms with E-state index >= 15 is 0 Å². The van der Waals surface area contributed by atoms with E-state index in [2.05, 4.69) is 4.98 Å². The minimum absolute atomic E-state index is 0.133. The monoisotopic (exact) mass is 308 g/mol. The zero-order valence-electron chi connectivity index (χ0n) is 13.6. The van der Waals surface area contributed by atoms with Crippen LogP contribution >= 0.6 is 0 Å². The van der Waals surface area contributed by atoms with Gasteiger partial charge in [-0.2, -0.15) is 0 Å². The van der Waals surface area contributed by atoms with E-state index in [4.69, 9.17) is 0 Å². The summed E-state index contributed by atoms with van der Waals surface area (Å²) in [7, 11) is 1.75. The molecular formula is C19H20N2O2. The lowest BCUT2D eigenvalue weighted by molar-refractivity contribution is 0.278. The van der Waals surface area contributed by atoms with Crippen LogP contribution in [0.25, 0.3) is 22.2 Å². The summed E-state index contributed by atoms with van der Waals surface area (Å²) in [6.45, 7) is 3.79. The Hall–Kier alpha value is -2.46. The van der Waals surface area contributed by atoms with Gasteiger partial charge in [0.05, 0.1) is 17.8 Å². The zero-order valence-corrected chi connectivity index (χ0v) is 13.6. The Bertz CT molecular complexity index is 942. The van der Waals surface area contributed by atoms with Crippen molar-refractivity contribution in [3.8, 4) is 11.3 Å². The van der Waals surface area contributed by atoms with Gasteiger partial charge in [-0.05, 0) is 36.6 Å². The van der Waals surface area contributed by atoms with Crippen molar-refractivity contribution in [1.29, 1.82) is 0 Å². The molecule has 1 aromatic carbocycles. The van der Waals surface area contributed by atoms with Gasteiger partial charge in [-0.3, -0.25) is 9.78 Å². The lowest BCUT2D eigenvalue weighted by Crippen LogP contribution is -2.24. The Morgan fingerprint density at radius 1 is 1.17 bits per heavy atom. The minimum atomic E-state index is -0.249. The number of aliphatic hydroxyl groups is 1. The molecule has 0 atom stereocenters. The standard InChI is InChI=1S/C19H20N2O2/c1-4-13-15(11-22)19(23)21(3)16-9-5-8-14(17(13)16)18-12(2)7-6-10-20-18/h5-10,22H,4,11H2,1-3H3. The van der Waals surface area contributed by atoms with Crippen LogP contribution in [0.5, 0.6) is 0 Å². The van der Waals surface area contributed by atoms with Crippen molar-refractivity contribution in [3.63, 3.8) is 0 Å². The number of aliphatic hydroxyl groups excluding tert-OH is 1. The van der Waals surface area contributed by atoms with E-state index < -0.39 is 0 Å². The van der Waals surface area contributed by atoms with Crippen LogP contribution in [0.1, 0.15) is 23.6 Å². The van der Waals surface area contributed by atoms with Gasteiger partial charge in [0.25, 0.3) is 5.56 Å². The lowest BCUT2D eigenvalue weighted by Gasteiger charge is -2.17. The Morgan fingerprint density at radius 3 is 2.61 bits per heavy atom. The minimum Gasteiger partial charge on any atom is -0.391 e. The van der Waals surface area contributed by atoms with Gasteiger partial charge in [0.15, 0.2) is 0 Å². The molecule has 2 aromatic heterocycles. The van der Waals surface area contributed by atoms with E-state index in [1.165, 1.54) is 0 Å². The van der Waals surface area contributed by atoms with Gasteiger partial charge < -0.3 is 9.67 Å². The molecule has 0 saturated carbocycles. The normalized spacial score (nSPS) is 11.1. The Labute approximate surface area is 135 Å². The summed E-state index contributed by atoms with van der Waals surface area (Å²) >= 11 is 0. The maximum absolute atomic E-state index is 12.5. The first-order chi connectivity index (χ1) is 11.1. The molecule has 3 aromatic rings. The molecule has 0 fully saturated rings. The lowest BCUT2D eigenvalue weighted by atomic mass is 9.94. The SMILES string of the molecule is CCc1c(CO)c(=O)n(C)c2cccc(-c3ncccc3C)c12. The maximum Gasteiger partial charge on any atom is 0.256 e. The largest absolute Gasteiger partial charge is 0.391 e. The van der Waals surface area contributed by atoms with Crippen molar-refractivity contribution < 1.29 is 5.11 Å². The first kappa shape index (κ1) is 15.4. The molecule has 0 aliphatic carbocycles. The van der Waals surface area contributed by atoms with E-state index in [0.717, 1.165) is 33.3 Å². The van der Waals surface area contributed by atoms with Gasteiger partial charge >= 0.3 is 0 Å². The van der Waals surface area contributed by atoms with E-state index in [0.29, 0.717) is 12.0 Å². The molecule has 0 amide bonds. The second-order valence-electron chi connectivity index (χ2n) is 5.70. The van der Waals surface area contributed by atoms with Crippen LogP contribution in [-0.2, 0) is 20.1 Å². The van der Waals surface area contributed by atoms with Gasteiger partial charge in [-0.1, -0.05) is 25.1 Å². The molecule has 0 saturated heterocycles. The molecule has 3 rings (SSSR count). The molecule has 0 spiro atoms. The van der Waals surface area contributed by atoms with Crippen molar-refractivity contribution in [2.75, 3.05) is 0 Å². The highest BCUT2D eigenvalue weighted by atomic mass is 16.3. The average Bonchev–Trinajstić information content (AvgIpc) is 2.58. The number of hydrogen-bond acceptors (Lipinski definition) is 3. The number of fused-ring (bicyclic) bond motifs is 1. The summed E-state index contributed by atoms with van der Waals surface area (Å²) in [6.07, 6.45) is 2.47. The van der Waals surface area contributed by atoms with Gasteiger partial charge in [-0.15, -0.1) is 0 Å². The second kappa shape index (κ2) is 5.97. The highest BCUT2D eigenvalue weighted by Crippen LogP contribution is 2.32. The van der Waals surface area contributed by atoms with Gasteiger partial charge in [0, 0.05) is 29.8 Å². The van der Waals surface area contributed by atoms with E-state index in [-0.39, 0.29) is 12.2 Å². The molecule has 0 radical (unpaired) electrons. The van der Waals surface area contributed by atoms with Gasteiger partial charge in [0.2, 0.25) is 0 Å². The Kier molecular flexibility index (Phi) is 4.01. The molecule has 4 heteroatoms. The third-order valence-corrected chi connectivity index (χ3v) is 4.41. The summed E-state index contributed by atoms with van der Waals surface area (Å²) in [5.41, 5.74) is 5.12. The topological polar surface area (TPSA) is 55.1 Å². The first-order valence-electron chi connectivity index (χ1n) is 7.76. The third kappa shape index (κ3) is 2.35. The summed E-state index contributed by atoms with van der Waals surface area (Å²) in [6, 6.07) is 9.87. The number of rotatable bonds is 3. The highest BCUT2D eigenvalue weighted by molar-refractivity contribution is 5.97. The summed E-state index contributed by atoms with van der Waals surface area (Å²) < 4.78 is 1.61. The number of benzene rings is 1. The number of nitrogens with zero attached hydrogens (tertiary/aromatic N) is 2. The molecule has 0 aliphatic rings. The molecule has 1 N–H and O–H groups in total. The molecule has 4 nitrogen and oxygen atoms in total. The molecular weight excluding hydrogens is 288 g/mol. The number of aryl methyl sites for hydroxylation is 3. The van der Waals surface area contributed by atoms with Crippen molar-refractivity contribution in [2.24, 2.45) is 7.05 Å². The average molecular weight is 308 g/mol. The summed E-state index contributed by atoms with van der Waals surface area (Å²) in [5, 5.41) is 10.7. The molecule has 0 aliphatic heterocycles. The predicted octanol–water partition coefficient (Wildman–Crippen LogP) is 2.96. The smallest absolute Gasteiger partial charge is 0.256 e. The van der Waals surface area contributed by atoms with Crippen molar-refractivity contribution >= 4 is 10.9 Å². The van der Waals surface area contributed by atoms with Crippen LogP contribution in [0, 0.1) is 6.92 Å². The van der Waals surface area contributed by atoms with Crippen LogP contribution in [0.2, 0.25) is 0 Å². The third-order valence-electron chi connectivity index (χ3n) is 4.41. The summed E-state index contributed by atoms with van der Waals surface area (Å²) in [4.78, 5) is 17.0. The van der Waals surface area contributed by atoms with Crippen molar-refractivity contribution in [1.82, 2.24) is 9.55 Å². The fraction of sp³-hybridized carbons (Fsp3) is 0.263. The van der Waals surface area contributed by atoms with Gasteiger partial charge in [0.1, 0.15) is 0 Å². The first-order valence-corrected chi connectivity index (χ1v) is 7.76. The number of pyridine rings is 2. The Balaban J connectivity index is 2.53. The van der Waals surface area contributed by atoms with Crippen LogP contribution in [0.3, 0.4) is 0 Å². The zero-order chi connectivity index (χ0) is 16.6. The van der Waals surface area contributed by atoms with Crippen molar-refractivity contribution in [3.05, 3.63) is 63.6 Å². The van der Waals surface area contributed by atoms with Gasteiger partial charge in [-0.25, -0.2) is 0 Å². The fourth-order valence-electron chi connectivity index (χ4n) is 3.25. The van der Waals surface area contributed by atoms with E-state index in [1.54, 1.807) is 17.8 Å². The Morgan fingerprint density at radius 2 is 1.96 bits per heavy atom. The predicted molar refractivity (Wildman–Crippen MR) is 92.5 cm³/mol. The van der Waals surface area contributed by atoms with Crippen LogP contribution in [-0.4, -0.2) is 14.7 Å². The van der Waals surface area contributed by atoms with Crippen molar-refractivity contribution in [2.45, 2.75) is 26.9 Å². The van der Waals surface area contributed by atoms with Crippen LogP contribution in [0.15, 0.2) is 41.3 Å². The molecule has 2 heterocycles. The molecule has 23 heavy (non-hydrogen) atoms. The van der Waals surface area contributed by atoms with Crippen LogP contribution in [0.4, 0.5) is 0 Å². The van der Waals surface area contributed by atoms with E-state index in [1.807, 2.05) is 44.2 Å². The number of hydrogen-bond donors (Lipinski definition) is 1. The number of aromatic nitrogens is 2.